The lowest BCUT2D eigenvalue weighted by Crippen LogP contribution is -2.25. The molecule has 1 atom stereocenters. The molecular weight excluding hydrogens is 312 g/mol. The summed E-state index contributed by atoms with van der Waals surface area (Å²) >= 11 is 0. The van der Waals surface area contributed by atoms with Crippen molar-refractivity contribution in [1.29, 1.82) is 0 Å². The van der Waals surface area contributed by atoms with Gasteiger partial charge in [0.05, 0.1) is 6.21 Å². The van der Waals surface area contributed by atoms with Gasteiger partial charge in [-0.25, -0.2) is 13.8 Å². The van der Waals surface area contributed by atoms with Crippen molar-refractivity contribution in [3.8, 4) is 0 Å². The standard InChI is InChI=1S/C13H12N2O6S/c16-12(9-4-2-1-3-5-9)13(17)15-14-8-10-6-7-11(21-10)22(18,19)20/h1-8,12,16H,(H,15,17)(H,18,19,20)/p-1/b14-8+. The number of amides is 1. The predicted octanol–water partition coefficient (Wildman–Crippen LogP) is 0.367. The minimum absolute atomic E-state index is 0.0380. The summed E-state index contributed by atoms with van der Waals surface area (Å²) in [6.07, 6.45) is -0.392. The Morgan fingerprint density at radius 1 is 1.27 bits per heavy atom. The number of carbonyl (C=O) groups excluding carboxylic acids is 1. The summed E-state index contributed by atoms with van der Waals surface area (Å²) in [5.41, 5.74) is 2.47. The van der Waals surface area contributed by atoms with Crippen LogP contribution in [0.3, 0.4) is 0 Å². The Morgan fingerprint density at radius 3 is 2.55 bits per heavy atom. The van der Waals surface area contributed by atoms with Crippen LogP contribution in [0.15, 0.2) is 57.1 Å². The molecule has 2 aromatic rings. The molecular formula is C13H11N2O6S-. The average molecular weight is 323 g/mol. The van der Waals surface area contributed by atoms with E-state index in [-0.39, 0.29) is 5.76 Å². The van der Waals surface area contributed by atoms with Gasteiger partial charge in [0.25, 0.3) is 5.91 Å². The summed E-state index contributed by atoms with van der Waals surface area (Å²) in [6, 6.07) is 10.4. The minimum Gasteiger partial charge on any atom is -0.742 e. The largest absolute Gasteiger partial charge is 0.742 e. The summed E-state index contributed by atoms with van der Waals surface area (Å²) in [5, 5.41) is 12.5. The van der Waals surface area contributed by atoms with Gasteiger partial charge in [0.2, 0.25) is 5.09 Å². The SMILES string of the molecule is O=C(N/N=C/c1ccc(S(=O)(=O)[O-])o1)C(O)c1ccccc1. The molecule has 0 fully saturated rings. The molecule has 9 heteroatoms. The van der Waals surface area contributed by atoms with E-state index < -0.39 is 27.2 Å². The van der Waals surface area contributed by atoms with Gasteiger partial charge >= 0.3 is 0 Å². The highest BCUT2D eigenvalue weighted by molar-refractivity contribution is 7.85. The summed E-state index contributed by atoms with van der Waals surface area (Å²) in [5.74, 6) is -0.811. The molecule has 8 nitrogen and oxygen atoms in total. The van der Waals surface area contributed by atoms with Crippen molar-refractivity contribution in [1.82, 2.24) is 5.43 Å². The molecule has 1 unspecified atom stereocenters. The van der Waals surface area contributed by atoms with E-state index in [1.54, 1.807) is 30.3 Å². The van der Waals surface area contributed by atoms with Crippen LogP contribution in [0.1, 0.15) is 17.4 Å². The number of rotatable bonds is 5. The molecule has 0 aliphatic rings. The first-order valence-corrected chi connectivity index (χ1v) is 7.40. The topological polar surface area (TPSA) is 132 Å². The van der Waals surface area contributed by atoms with Crippen LogP contribution in [-0.4, -0.2) is 30.2 Å². The minimum atomic E-state index is -4.68. The van der Waals surface area contributed by atoms with Gasteiger partial charge in [0.15, 0.2) is 16.2 Å². The molecule has 0 spiro atoms. The fourth-order valence-electron chi connectivity index (χ4n) is 1.55. The first kappa shape index (κ1) is 15.9. The van der Waals surface area contributed by atoms with E-state index in [0.717, 1.165) is 12.3 Å². The fraction of sp³-hybridized carbons (Fsp3) is 0.0769. The van der Waals surface area contributed by atoms with Gasteiger partial charge in [-0.3, -0.25) is 4.79 Å². The lowest BCUT2D eigenvalue weighted by atomic mass is 10.1. The van der Waals surface area contributed by atoms with E-state index in [2.05, 4.69) is 10.5 Å². The van der Waals surface area contributed by atoms with E-state index in [0.29, 0.717) is 5.56 Å². The van der Waals surface area contributed by atoms with Crippen LogP contribution in [0.2, 0.25) is 0 Å². The highest BCUT2D eigenvalue weighted by Gasteiger charge is 2.16. The Labute approximate surface area is 125 Å². The van der Waals surface area contributed by atoms with Crippen molar-refractivity contribution in [2.45, 2.75) is 11.2 Å². The number of hydrogen-bond acceptors (Lipinski definition) is 7. The molecule has 116 valence electrons. The van der Waals surface area contributed by atoms with Crippen LogP contribution in [-0.2, 0) is 14.9 Å². The number of aliphatic hydroxyl groups is 1. The first-order valence-electron chi connectivity index (χ1n) is 5.99. The van der Waals surface area contributed by atoms with Gasteiger partial charge in [-0.2, -0.15) is 5.10 Å². The Morgan fingerprint density at radius 2 is 1.95 bits per heavy atom. The van der Waals surface area contributed by atoms with Gasteiger partial charge in [-0.05, 0) is 17.7 Å². The molecule has 1 amide bonds. The van der Waals surface area contributed by atoms with Crippen molar-refractivity contribution < 1.29 is 27.3 Å². The quantitative estimate of drug-likeness (QED) is 0.464. The van der Waals surface area contributed by atoms with Gasteiger partial charge < -0.3 is 14.1 Å². The lowest BCUT2D eigenvalue weighted by Gasteiger charge is -2.08. The molecule has 0 aliphatic heterocycles. The summed E-state index contributed by atoms with van der Waals surface area (Å²) in [6.45, 7) is 0. The molecule has 2 N–H and O–H groups in total. The molecule has 0 saturated heterocycles. The smallest absolute Gasteiger partial charge is 0.273 e. The van der Waals surface area contributed by atoms with Crippen LogP contribution in [0.25, 0.3) is 0 Å². The van der Waals surface area contributed by atoms with E-state index in [4.69, 9.17) is 4.42 Å². The Kier molecular flexibility index (Phi) is 4.71. The second kappa shape index (κ2) is 6.52. The van der Waals surface area contributed by atoms with E-state index >= 15 is 0 Å². The maximum atomic E-state index is 11.6. The number of furan rings is 1. The van der Waals surface area contributed by atoms with E-state index in [1.807, 2.05) is 0 Å². The molecule has 1 heterocycles. The number of hydrogen-bond donors (Lipinski definition) is 2. The van der Waals surface area contributed by atoms with Gasteiger partial charge in [-0.1, -0.05) is 30.3 Å². The highest BCUT2D eigenvalue weighted by atomic mass is 32.2. The van der Waals surface area contributed by atoms with Crippen LogP contribution in [0.4, 0.5) is 0 Å². The number of aliphatic hydroxyl groups excluding tert-OH is 1. The Bertz CT molecular complexity index is 782. The normalized spacial score (nSPS) is 13.2. The van der Waals surface area contributed by atoms with Crippen LogP contribution < -0.4 is 5.43 Å². The molecule has 2 rings (SSSR count). The third kappa shape index (κ3) is 4.01. The molecule has 0 radical (unpaired) electrons. The summed E-state index contributed by atoms with van der Waals surface area (Å²) < 4.78 is 36.7. The van der Waals surface area contributed by atoms with Gasteiger partial charge in [0, 0.05) is 0 Å². The molecule has 1 aromatic carbocycles. The maximum absolute atomic E-state index is 11.6. The third-order valence-electron chi connectivity index (χ3n) is 2.58. The van der Waals surface area contributed by atoms with E-state index in [1.165, 1.54) is 6.07 Å². The van der Waals surface area contributed by atoms with Gasteiger partial charge in [0.1, 0.15) is 5.76 Å². The molecule has 0 aliphatic carbocycles. The van der Waals surface area contributed by atoms with Crippen molar-refractivity contribution in [3.05, 3.63) is 53.8 Å². The summed E-state index contributed by atoms with van der Waals surface area (Å²) in [4.78, 5) is 11.6. The van der Waals surface area contributed by atoms with Crippen molar-refractivity contribution in [3.63, 3.8) is 0 Å². The van der Waals surface area contributed by atoms with Crippen LogP contribution in [0.5, 0.6) is 0 Å². The van der Waals surface area contributed by atoms with Crippen LogP contribution >= 0.6 is 0 Å². The van der Waals surface area contributed by atoms with Crippen molar-refractivity contribution >= 4 is 22.2 Å². The Balaban J connectivity index is 1.97. The molecule has 22 heavy (non-hydrogen) atoms. The number of nitrogens with one attached hydrogen (secondary N) is 1. The second-order valence-electron chi connectivity index (χ2n) is 4.16. The molecule has 0 saturated carbocycles. The molecule has 0 bridgehead atoms. The Hall–Kier alpha value is -2.49. The van der Waals surface area contributed by atoms with E-state index in [9.17, 15) is 22.9 Å². The highest BCUT2D eigenvalue weighted by Crippen LogP contribution is 2.13. The zero-order valence-corrected chi connectivity index (χ0v) is 11.9. The first-order chi connectivity index (χ1) is 10.4. The monoisotopic (exact) mass is 323 g/mol. The van der Waals surface area contributed by atoms with Crippen LogP contribution in [0, 0.1) is 0 Å². The number of hydrazone groups is 1. The van der Waals surface area contributed by atoms with Gasteiger partial charge in [-0.15, -0.1) is 0 Å². The third-order valence-corrected chi connectivity index (χ3v) is 3.29. The predicted molar refractivity (Wildman–Crippen MR) is 73.8 cm³/mol. The van der Waals surface area contributed by atoms with Crippen molar-refractivity contribution in [2.75, 3.05) is 0 Å². The van der Waals surface area contributed by atoms with Crippen molar-refractivity contribution in [2.24, 2.45) is 5.10 Å². The summed E-state index contributed by atoms with van der Waals surface area (Å²) in [7, 11) is -4.68. The number of nitrogens with zero attached hydrogens (tertiary/aromatic N) is 1. The fourth-order valence-corrected chi connectivity index (χ4v) is 1.98. The number of carbonyl (C=O) groups is 1. The second-order valence-corrected chi connectivity index (χ2v) is 5.47. The maximum Gasteiger partial charge on any atom is 0.273 e. The molecule has 1 aromatic heterocycles. The lowest BCUT2D eigenvalue weighted by molar-refractivity contribution is -0.129. The zero-order chi connectivity index (χ0) is 16.2. The average Bonchev–Trinajstić information content (AvgIpc) is 2.96. The number of benzene rings is 1. The zero-order valence-electron chi connectivity index (χ0n) is 11.0.